The molecule has 0 aliphatic carbocycles. The van der Waals surface area contributed by atoms with E-state index >= 15 is 0 Å². The van der Waals surface area contributed by atoms with Crippen molar-refractivity contribution in [3.05, 3.63) is 34.4 Å². The van der Waals surface area contributed by atoms with Gasteiger partial charge >= 0.3 is 0 Å². The van der Waals surface area contributed by atoms with Crippen LogP contribution >= 0.6 is 0 Å². The van der Waals surface area contributed by atoms with Gasteiger partial charge in [-0.25, -0.2) is 0 Å². The molecule has 1 aliphatic heterocycles. The Labute approximate surface area is 146 Å². The van der Waals surface area contributed by atoms with Gasteiger partial charge in [-0.15, -0.1) is 0 Å². The molecule has 1 aliphatic rings. The fourth-order valence-electron chi connectivity index (χ4n) is 2.90. The van der Waals surface area contributed by atoms with E-state index < -0.39 is 11.0 Å². The average Bonchev–Trinajstić information content (AvgIpc) is 2.59. The molecule has 8 nitrogen and oxygen atoms in total. The van der Waals surface area contributed by atoms with Gasteiger partial charge in [0, 0.05) is 50.9 Å². The van der Waals surface area contributed by atoms with Crippen LogP contribution in [0.25, 0.3) is 0 Å². The van der Waals surface area contributed by atoms with Crippen molar-refractivity contribution in [2.45, 2.75) is 26.8 Å². The Morgan fingerprint density at radius 3 is 2.12 bits per heavy atom. The van der Waals surface area contributed by atoms with Crippen LogP contribution in [-0.2, 0) is 9.59 Å². The number of anilines is 1. The zero-order valence-electron chi connectivity index (χ0n) is 14.8. The van der Waals surface area contributed by atoms with E-state index in [2.05, 4.69) is 10.2 Å². The minimum atomic E-state index is -0.511. The van der Waals surface area contributed by atoms with Gasteiger partial charge < -0.3 is 15.1 Å². The topological polar surface area (TPSA) is 95.8 Å². The third-order valence-electron chi connectivity index (χ3n) is 4.31. The van der Waals surface area contributed by atoms with Crippen LogP contribution in [0, 0.1) is 16.0 Å². The number of non-ortho nitro benzene ring substituents is 1. The molecule has 0 radical (unpaired) electrons. The van der Waals surface area contributed by atoms with Crippen LogP contribution in [-0.4, -0.2) is 53.9 Å². The molecule has 136 valence electrons. The number of nitrogens with one attached hydrogen (secondary N) is 1. The normalized spacial score (nSPS) is 15.8. The van der Waals surface area contributed by atoms with Crippen LogP contribution in [0.3, 0.4) is 0 Å². The van der Waals surface area contributed by atoms with E-state index in [1.807, 2.05) is 13.8 Å². The summed E-state index contributed by atoms with van der Waals surface area (Å²) in [5.74, 6) is -0.255. The Morgan fingerprint density at radius 1 is 1.12 bits per heavy atom. The second-order valence-corrected chi connectivity index (χ2v) is 6.51. The van der Waals surface area contributed by atoms with Crippen LogP contribution in [0.5, 0.6) is 0 Å². The van der Waals surface area contributed by atoms with Crippen LogP contribution in [0.15, 0.2) is 24.3 Å². The number of carbonyl (C=O) groups is 2. The van der Waals surface area contributed by atoms with E-state index in [0.717, 1.165) is 5.69 Å². The highest BCUT2D eigenvalue weighted by Crippen LogP contribution is 2.21. The molecule has 1 fully saturated rings. The molecule has 25 heavy (non-hydrogen) atoms. The highest BCUT2D eigenvalue weighted by Gasteiger charge is 2.30. The van der Waals surface area contributed by atoms with Crippen molar-refractivity contribution >= 4 is 23.2 Å². The van der Waals surface area contributed by atoms with Crippen LogP contribution in [0.4, 0.5) is 11.4 Å². The standard InChI is InChI=1S/C17H24N4O4/c1-12(2)16(18-13(3)22)17(23)20-10-8-19(9-11-20)14-4-6-15(7-5-14)21(24)25/h4-7,12,16H,8-11H2,1-3H3,(H,18,22)/t16-/m0/s1. The maximum Gasteiger partial charge on any atom is 0.269 e. The number of hydrogen-bond donors (Lipinski definition) is 1. The molecule has 0 saturated carbocycles. The predicted molar refractivity (Wildman–Crippen MR) is 94.3 cm³/mol. The highest BCUT2D eigenvalue weighted by molar-refractivity contribution is 5.87. The van der Waals surface area contributed by atoms with E-state index in [-0.39, 0.29) is 23.4 Å². The van der Waals surface area contributed by atoms with Crippen LogP contribution < -0.4 is 10.2 Å². The van der Waals surface area contributed by atoms with E-state index in [4.69, 9.17) is 0 Å². The average molecular weight is 348 g/mol. The van der Waals surface area contributed by atoms with Gasteiger partial charge in [0.25, 0.3) is 5.69 Å². The number of nitrogens with zero attached hydrogens (tertiary/aromatic N) is 3. The Morgan fingerprint density at radius 2 is 1.68 bits per heavy atom. The maximum atomic E-state index is 12.7. The summed E-state index contributed by atoms with van der Waals surface area (Å²) in [7, 11) is 0. The molecule has 0 unspecified atom stereocenters. The molecule has 2 rings (SSSR count). The summed E-state index contributed by atoms with van der Waals surface area (Å²) in [5.41, 5.74) is 0.965. The Balaban J connectivity index is 1.97. The molecule has 0 aromatic heterocycles. The van der Waals surface area contributed by atoms with E-state index in [1.54, 1.807) is 17.0 Å². The summed E-state index contributed by atoms with van der Waals surface area (Å²) in [4.78, 5) is 38.1. The number of carbonyl (C=O) groups excluding carboxylic acids is 2. The zero-order valence-corrected chi connectivity index (χ0v) is 14.8. The van der Waals surface area contributed by atoms with Gasteiger partial charge in [-0.3, -0.25) is 19.7 Å². The summed E-state index contributed by atoms with van der Waals surface area (Å²) in [6.07, 6.45) is 0. The Hall–Kier alpha value is -2.64. The number of benzene rings is 1. The third-order valence-corrected chi connectivity index (χ3v) is 4.31. The van der Waals surface area contributed by atoms with Crippen molar-refractivity contribution in [1.82, 2.24) is 10.2 Å². The molecule has 2 amide bonds. The maximum absolute atomic E-state index is 12.7. The SMILES string of the molecule is CC(=O)N[C@H](C(=O)N1CCN(c2ccc([N+](=O)[O-])cc2)CC1)C(C)C. The van der Waals surface area contributed by atoms with Crippen molar-refractivity contribution in [3.8, 4) is 0 Å². The molecule has 8 heteroatoms. The lowest BCUT2D eigenvalue weighted by molar-refractivity contribution is -0.384. The molecule has 1 heterocycles. The summed E-state index contributed by atoms with van der Waals surface area (Å²) in [6, 6.07) is 5.91. The summed E-state index contributed by atoms with van der Waals surface area (Å²) < 4.78 is 0. The minimum absolute atomic E-state index is 0.0177. The highest BCUT2D eigenvalue weighted by atomic mass is 16.6. The number of amides is 2. The van der Waals surface area contributed by atoms with Crippen LogP contribution in [0.1, 0.15) is 20.8 Å². The molecule has 1 aromatic carbocycles. The van der Waals surface area contributed by atoms with Crippen molar-refractivity contribution in [3.63, 3.8) is 0 Å². The number of nitro benzene ring substituents is 1. The Bertz CT molecular complexity index is 637. The zero-order chi connectivity index (χ0) is 18.6. The predicted octanol–water partition coefficient (Wildman–Crippen LogP) is 1.40. The van der Waals surface area contributed by atoms with Crippen molar-refractivity contribution in [2.75, 3.05) is 31.1 Å². The molecule has 1 atom stereocenters. The minimum Gasteiger partial charge on any atom is -0.368 e. The fourth-order valence-corrected chi connectivity index (χ4v) is 2.90. The third kappa shape index (κ3) is 4.68. The molecule has 1 saturated heterocycles. The number of piperazine rings is 1. The van der Waals surface area contributed by atoms with Gasteiger partial charge in [-0.1, -0.05) is 13.8 Å². The van der Waals surface area contributed by atoms with Crippen molar-refractivity contribution < 1.29 is 14.5 Å². The summed E-state index contributed by atoms with van der Waals surface area (Å²) >= 11 is 0. The monoisotopic (exact) mass is 348 g/mol. The molecule has 1 N–H and O–H groups in total. The number of hydrogen-bond acceptors (Lipinski definition) is 5. The van der Waals surface area contributed by atoms with Crippen molar-refractivity contribution in [1.29, 1.82) is 0 Å². The molecule has 0 spiro atoms. The van der Waals surface area contributed by atoms with E-state index in [0.29, 0.717) is 26.2 Å². The second-order valence-electron chi connectivity index (χ2n) is 6.51. The van der Waals surface area contributed by atoms with Crippen LogP contribution in [0.2, 0.25) is 0 Å². The number of nitro groups is 1. The first kappa shape index (κ1) is 18.7. The molecular formula is C17H24N4O4. The first-order chi connectivity index (χ1) is 11.8. The van der Waals surface area contributed by atoms with Crippen molar-refractivity contribution in [2.24, 2.45) is 5.92 Å². The molecule has 1 aromatic rings. The first-order valence-corrected chi connectivity index (χ1v) is 8.35. The smallest absolute Gasteiger partial charge is 0.269 e. The van der Waals surface area contributed by atoms with E-state index in [9.17, 15) is 19.7 Å². The van der Waals surface area contributed by atoms with Gasteiger partial charge in [0.15, 0.2) is 0 Å². The van der Waals surface area contributed by atoms with Gasteiger partial charge in [0.1, 0.15) is 6.04 Å². The molecular weight excluding hydrogens is 324 g/mol. The lowest BCUT2D eigenvalue weighted by atomic mass is 10.0. The van der Waals surface area contributed by atoms with Gasteiger partial charge in [-0.05, 0) is 18.1 Å². The number of rotatable bonds is 5. The summed E-state index contributed by atoms with van der Waals surface area (Å²) in [6.45, 7) is 7.63. The second kappa shape index (κ2) is 7.96. The van der Waals surface area contributed by atoms with Gasteiger partial charge in [0.2, 0.25) is 11.8 Å². The summed E-state index contributed by atoms with van der Waals surface area (Å²) in [5, 5.41) is 13.4. The van der Waals surface area contributed by atoms with Gasteiger partial charge in [0.05, 0.1) is 4.92 Å². The lowest BCUT2D eigenvalue weighted by Gasteiger charge is -2.38. The Kier molecular flexibility index (Phi) is 5.95. The fraction of sp³-hybridized carbons (Fsp3) is 0.529. The van der Waals surface area contributed by atoms with Gasteiger partial charge in [-0.2, -0.15) is 0 Å². The van der Waals surface area contributed by atoms with E-state index in [1.165, 1.54) is 19.1 Å². The first-order valence-electron chi connectivity index (χ1n) is 8.35. The molecule has 0 bridgehead atoms. The largest absolute Gasteiger partial charge is 0.368 e. The lowest BCUT2D eigenvalue weighted by Crippen LogP contribution is -2.56. The quantitative estimate of drug-likeness (QED) is 0.641.